The van der Waals surface area contributed by atoms with E-state index < -0.39 is 5.97 Å². The number of nitrogens with one attached hydrogen (secondary N) is 1. The molecule has 0 amide bonds. The number of carbonyl (C=O) groups is 1. The van der Waals surface area contributed by atoms with E-state index in [1.54, 1.807) is 7.11 Å². The number of hydrogen-bond acceptors (Lipinski definition) is 3. The Labute approximate surface area is 102 Å². The molecular formula is C13H19NO3. The monoisotopic (exact) mass is 237 g/mol. The maximum Gasteiger partial charge on any atom is 0.317 e. The van der Waals surface area contributed by atoms with Gasteiger partial charge in [0.2, 0.25) is 0 Å². The van der Waals surface area contributed by atoms with Gasteiger partial charge in [-0.3, -0.25) is 4.79 Å². The fourth-order valence-corrected chi connectivity index (χ4v) is 1.94. The lowest BCUT2D eigenvalue weighted by Gasteiger charge is -2.12. The van der Waals surface area contributed by atoms with Crippen LogP contribution in [0.3, 0.4) is 0 Å². The molecule has 0 radical (unpaired) electrons. The minimum atomic E-state index is -0.836. The molecule has 0 aliphatic rings. The minimum Gasteiger partial charge on any atom is -0.496 e. The molecule has 0 spiro atoms. The topological polar surface area (TPSA) is 58.6 Å². The predicted molar refractivity (Wildman–Crippen MR) is 66.7 cm³/mol. The summed E-state index contributed by atoms with van der Waals surface area (Å²) in [5.41, 5.74) is 3.42. The van der Waals surface area contributed by atoms with E-state index in [2.05, 4.69) is 17.4 Å². The molecular weight excluding hydrogens is 218 g/mol. The lowest BCUT2D eigenvalue weighted by atomic mass is 10.0. The molecule has 4 nitrogen and oxygen atoms in total. The van der Waals surface area contributed by atoms with Crippen molar-refractivity contribution in [3.63, 3.8) is 0 Å². The molecule has 1 aromatic rings. The maximum atomic E-state index is 10.4. The number of aliphatic carboxylic acids is 1. The van der Waals surface area contributed by atoms with Gasteiger partial charge in [-0.2, -0.15) is 0 Å². The summed E-state index contributed by atoms with van der Waals surface area (Å²) in [5.74, 6) is 0.0603. The standard InChI is InChI=1S/C13H19NO3/c1-9-6-10(2)13(17-3)11(7-9)4-5-14-8-12(15)16/h6-7,14H,4-5,8H2,1-3H3,(H,15,16). The molecule has 2 N–H and O–H groups in total. The van der Waals surface area contributed by atoms with E-state index >= 15 is 0 Å². The van der Waals surface area contributed by atoms with Gasteiger partial charge in [-0.05, 0) is 37.9 Å². The van der Waals surface area contributed by atoms with Gasteiger partial charge >= 0.3 is 5.97 Å². The summed E-state index contributed by atoms with van der Waals surface area (Å²) in [6, 6.07) is 4.15. The third-order valence-electron chi connectivity index (χ3n) is 2.55. The lowest BCUT2D eigenvalue weighted by molar-refractivity contribution is -0.135. The van der Waals surface area contributed by atoms with E-state index in [1.165, 1.54) is 5.56 Å². The van der Waals surface area contributed by atoms with Crippen LogP contribution in [0.5, 0.6) is 5.75 Å². The second-order valence-electron chi connectivity index (χ2n) is 4.09. The third kappa shape index (κ3) is 4.07. The van der Waals surface area contributed by atoms with Crippen LogP contribution in [0.4, 0.5) is 0 Å². The van der Waals surface area contributed by atoms with Crippen LogP contribution in [0.15, 0.2) is 12.1 Å². The van der Waals surface area contributed by atoms with Crippen LogP contribution in [0, 0.1) is 13.8 Å². The van der Waals surface area contributed by atoms with E-state index in [-0.39, 0.29) is 6.54 Å². The Morgan fingerprint density at radius 3 is 2.71 bits per heavy atom. The summed E-state index contributed by atoms with van der Waals surface area (Å²) in [4.78, 5) is 10.4. The van der Waals surface area contributed by atoms with E-state index in [1.807, 2.05) is 13.8 Å². The molecule has 0 aliphatic heterocycles. The molecule has 0 saturated carbocycles. The first kappa shape index (κ1) is 13.5. The van der Waals surface area contributed by atoms with Gasteiger partial charge in [0.05, 0.1) is 13.7 Å². The van der Waals surface area contributed by atoms with Crippen molar-refractivity contribution >= 4 is 5.97 Å². The fourth-order valence-electron chi connectivity index (χ4n) is 1.94. The molecule has 4 heteroatoms. The normalized spacial score (nSPS) is 10.3. The number of carboxylic acid groups (broad SMARTS) is 1. The number of methoxy groups -OCH3 is 1. The third-order valence-corrected chi connectivity index (χ3v) is 2.55. The number of rotatable bonds is 6. The van der Waals surface area contributed by atoms with Crippen molar-refractivity contribution in [3.05, 3.63) is 28.8 Å². The SMILES string of the molecule is COc1c(C)cc(C)cc1CCNCC(=O)O. The van der Waals surface area contributed by atoms with Crippen LogP contribution < -0.4 is 10.1 Å². The van der Waals surface area contributed by atoms with Crippen LogP contribution in [0.2, 0.25) is 0 Å². The second-order valence-corrected chi connectivity index (χ2v) is 4.09. The molecule has 17 heavy (non-hydrogen) atoms. The van der Waals surface area contributed by atoms with E-state index in [9.17, 15) is 4.79 Å². The summed E-state index contributed by atoms with van der Waals surface area (Å²) in [6.45, 7) is 4.68. The van der Waals surface area contributed by atoms with Crippen LogP contribution >= 0.6 is 0 Å². The average Bonchev–Trinajstić information content (AvgIpc) is 2.23. The first-order valence-electron chi connectivity index (χ1n) is 5.61. The van der Waals surface area contributed by atoms with Gasteiger partial charge in [-0.25, -0.2) is 0 Å². The summed E-state index contributed by atoms with van der Waals surface area (Å²) < 4.78 is 5.37. The van der Waals surface area contributed by atoms with Crippen molar-refractivity contribution in [1.29, 1.82) is 0 Å². The second kappa shape index (κ2) is 6.25. The first-order chi connectivity index (χ1) is 8.04. The molecule has 0 heterocycles. The molecule has 94 valence electrons. The van der Waals surface area contributed by atoms with Crippen molar-refractivity contribution in [2.75, 3.05) is 20.2 Å². The number of aryl methyl sites for hydroxylation is 2. The van der Waals surface area contributed by atoms with Gasteiger partial charge in [-0.1, -0.05) is 17.7 Å². The molecule has 1 aromatic carbocycles. The number of benzene rings is 1. The molecule has 0 fully saturated rings. The Morgan fingerprint density at radius 2 is 2.12 bits per heavy atom. The van der Waals surface area contributed by atoms with Crippen molar-refractivity contribution in [2.45, 2.75) is 20.3 Å². The van der Waals surface area contributed by atoms with Crippen LogP contribution in [0.25, 0.3) is 0 Å². The summed E-state index contributed by atoms with van der Waals surface area (Å²) >= 11 is 0. The van der Waals surface area contributed by atoms with E-state index in [0.29, 0.717) is 6.54 Å². The van der Waals surface area contributed by atoms with Gasteiger partial charge < -0.3 is 15.2 Å². The largest absolute Gasteiger partial charge is 0.496 e. The van der Waals surface area contributed by atoms with Crippen molar-refractivity contribution in [3.8, 4) is 5.75 Å². The van der Waals surface area contributed by atoms with Gasteiger partial charge in [0.1, 0.15) is 5.75 Å². The highest BCUT2D eigenvalue weighted by Gasteiger charge is 2.07. The molecule has 0 saturated heterocycles. The smallest absolute Gasteiger partial charge is 0.317 e. The minimum absolute atomic E-state index is 0.00683. The number of hydrogen-bond donors (Lipinski definition) is 2. The Balaban J connectivity index is 2.66. The van der Waals surface area contributed by atoms with Crippen molar-refractivity contribution in [1.82, 2.24) is 5.32 Å². The molecule has 0 unspecified atom stereocenters. The van der Waals surface area contributed by atoms with Gasteiger partial charge in [0.25, 0.3) is 0 Å². The van der Waals surface area contributed by atoms with Crippen molar-refractivity contribution in [2.24, 2.45) is 0 Å². The zero-order valence-electron chi connectivity index (χ0n) is 10.5. The average molecular weight is 237 g/mol. The van der Waals surface area contributed by atoms with Gasteiger partial charge in [0.15, 0.2) is 0 Å². The van der Waals surface area contributed by atoms with Crippen LogP contribution in [0.1, 0.15) is 16.7 Å². The predicted octanol–water partition coefficient (Wildman–Crippen LogP) is 1.53. The summed E-state index contributed by atoms with van der Waals surface area (Å²) in [6.07, 6.45) is 0.763. The Kier molecular flexibility index (Phi) is 4.97. The lowest BCUT2D eigenvalue weighted by Crippen LogP contribution is -2.24. The van der Waals surface area contributed by atoms with Crippen LogP contribution in [-0.2, 0) is 11.2 Å². The number of ether oxygens (including phenoxy) is 1. The summed E-state index contributed by atoms with van der Waals surface area (Å²) in [5, 5.41) is 11.4. The zero-order chi connectivity index (χ0) is 12.8. The highest BCUT2D eigenvalue weighted by Crippen LogP contribution is 2.25. The van der Waals surface area contributed by atoms with Gasteiger partial charge in [0, 0.05) is 0 Å². The quantitative estimate of drug-likeness (QED) is 0.737. The Bertz CT molecular complexity index is 402. The van der Waals surface area contributed by atoms with E-state index in [0.717, 1.165) is 23.3 Å². The molecule has 0 atom stereocenters. The maximum absolute atomic E-state index is 10.4. The Morgan fingerprint density at radius 1 is 1.41 bits per heavy atom. The summed E-state index contributed by atoms with van der Waals surface area (Å²) in [7, 11) is 1.66. The zero-order valence-corrected chi connectivity index (χ0v) is 10.5. The molecule has 0 bridgehead atoms. The first-order valence-corrected chi connectivity index (χ1v) is 5.61. The van der Waals surface area contributed by atoms with E-state index in [4.69, 9.17) is 9.84 Å². The highest BCUT2D eigenvalue weighted by atomic mass is 16.5. The Hall–Kier alpha value is -1.55. The number of carboxylic acids is 1. The van der Waals surface area contributed by atoms with Crippen molar-refractivity contribution < 1.29 is 14.6 Å². The molecule has 0 aliphatic carbocycles. The fraction of sp³-hybridized carbons (Fsp3) is 0.462. The molecule has 1 rings (SSSR count). The van der Waals surface area contributed by atoms with Crippen LogP contribution in [-0.4, -0.2) is 31.3 Å². The van der Waals surface area contributed by atoms with Gasteiger partial charge in [-0.15, -0.1) is 0 Å². The molecule has 0 aromatic heterocycles. The highest BCUT2D eigenvalue weighted by molar-refractivity contribution is 5.68.